The number of alkyl halides is 3. The van der Waals surface area contributed by atoms with E-state index >= 15 is 0 Å². The van der Waals surface area contributed by atoms with E-state index in [1.165, 1.54) is 12.1 Å². The fourth-order valence-corrected chi connectivity index (χ4v) is 2.15. The Balaban J connectivity index is 2.03. The highest BCUT2D eigenvalue weighted by Crippen LogP contribution is 2.32. The zero-order valence-corrected chi connectivity index (χ0v) is 11.7. The number of rotatable bonds is 2. The average molecular weight is 325 g/mol. The summed E-state index contributed by atoms with van der Waals surface area (Å²) in [5.74, 6) is 0.284. The van der Waals surface area contributed by atoms with Gasteiger partial charge in [0, 0.05) is 17.3 Å². The minimum absolute atomic E-state index is 0.130. The summed E-state index contributed by atoms with van der Waals surface area (Å²) in [6.45, 7) is 0. The molecule has 0 fully saturated rings. The number of fused-ring (bicyclic) bond motifs is 1. The number of aromatic nitrogens is 3. The molecule has 0 unspecified atom stereocenters. The van der Waals surface area contributed by atoms with Crippen LogP contribution in [0.5, 0.6) is 0 Å². The molecule has 4 nitrogen and oxygen atoms in total. The Labute approximate surface area is 128 Å². The molecule has 8 heteroatoms. The van der Waals surface area contributed by atoms with Gasteiger partial charge in [0.25, 0.3) is 0 Å². The quantitative estimate of drug-likeness (QED) is 0.757. The van der Waals surface area contributed by atoms with E-state index < -0.39 is 11.7 Å². The molecule has 22 heavy (non-hydrogen) atoms. The lowest BCUT2D eigenvalue weighted by atomic mass is 10.2. The van der Waals surface area contributed by atoms with Crippen LogP contribution < -0.4 is 5.32 Å². The first kappa shape index (κ1) is 14.5. The van der Waals surface area contributed by atoms with Crippen molar-refractivity contribution >= 4 is 34.0 Å². The normalized spacial score (nSPS) is 11.6. The summed E-state index contributed by atoms with van der Waals surface area (Å²) < 4.78 is 38.2. The number of anilines is 2. The van der Waals surface area contributed by atoms with Gasteiger partial charge in [-0.3, -0.25) is 4.98 Å². The van der Waals surface area contributed by atoms with Crippen LogP contribution in [-0.2, 0) is 6.18 Å². The topological polar surface area (TPSA) is 50.7 Å². The Morgan fingerprint density at radius 3 is 2.64 bits per heavy atom. The van der Waals surface area contributed by atoms with Gasteiger partial charge in [-0.1, -0.05) is 17.7 Å². The zero-order valence-electron chi connectivity index (χ0n) is 10.9. The predicted octanol–water partition coefficient (Wildman–Crippen LogP) is 4.44. The van der Waals surface area contributed by atoms with Crippen LogP contribution in [-0.4, -0.2) is 15.2 Å². The second-order valence-electron chi connectivity index (χ2n) is 4.44. The molecule has 112 valence electrons. The lowest BCUT2D eigenvalue weighted by Gasteiger charge is -2.11. The third-order valence-corrected chi connectivity index (χ3v) is 3.20. The molecular formula is C14H8ClF3N4. The highest BCUT2D eigenvalue weighted by molar-refractivity contribution is 6.34. The predicted molar refractivity (Wildman–Crippen MR) is 77.1 cm³/mol. The van der Waals surface area contributed by atoms with Gasteiger partial charge in [0.15, 0.2) is 11.0 Å². The molecule has 2 heterocycles. The first-order valence-corrected chi connectivity index (χ1v) is 6.54. The second-order valence-corrected chi connectivity index (χ2v) is 4.80. The van der Waals surface area contributed by atoms with Crippen molar-refractivity contribution in [1.82, 2.24) is 15.2 Å². The molecule has 0 amide bonds. The van der Waals surface area contributed by atoms with Crippen LogP contribution in [0.1, 0.15) is 5.56 Å². The Morgan fingerprint density at radius 1 is 1.05 bits per heavy atom. The van der Waals surface area contributed by atoms with E-state index in [-0.39, 0.29) is 16.7 Å². The third kappa shape index (κ3) is 2.80. The van der Waals surface area contributed by atoms with Gasteiger partial charge < -0.3 is 5.32 Å². The van der Waals surface area contributed by atoms with Crippen molar-refractivity contribution in [2.75, 3.05) is 5.32 Å². The number of hydrogen-bond donors (Lipinski definition) is 1. The van der Waals surface area contributed by atoms with Crippen LogP contribution in [0.15, 0.2) is 42.6 Å². The molecule has 1 aromatic carbocycles. The van der Waals surface area contributed by atoms with Crippen LogP contribution in [0.2, 0.25) is 5.15 Å². The molecule has 0 atom stereocenters. The van der Waals surface area contributed by atoms with Crippen LogP contribution in [0.4, 0.5) is 24.7 Å². The van der Waals surface area contributed by atoms with Crippen molar-refractivity contribution in [2.45, 2.75) is 6.18 Å². The summed E-state index contributed by atoms with van der Waals surface area (Å²) in [4.78, 5) is 4.09. The molecule has 1 N–H and O–H groups in total. The van der Waals surface area contributed by atoms with Gasteiger partial charge in [0.2, 0.25) is 0 Å². The molecule has 3 aromatic rings. The van der Waals surface area contributed by atoms with Crippen molar-refractivity contribution in [3.63, 3.8) is 0 Å². The SMILES string of the molecule is FC(F)(F)c1cccc(Nc2nnc(Cl)c3ncccc23)c1. The Morgan fingerprint density at radius 2 is 1.86 bits per heavy atom. The monoisotopic (exact) mass is 324 g/mol. The largest absolute Gasteiger partial charge is 0.416 e. The average Bonchev–Trinajstić information content (AvgIpc) is 2.50. The van der Waals surface area contributed by atoms with Gasteiger partial charge in [-0.05, 0) is 30.3 Å². The van der Waals surface area contributed by atoms with Gasteiger partial charge in [-0.2, -0.15) is 13.2 Å². The molecule has 3 rings (SSSR count). The zero-order chi connectivity index (χ0) is 15.7. The van der Waals surface area contributed by atoms with E-state index in [2.05, 4.69) is 20.5 Å². The fourth-order valence-electron chi connectivity index (χ4n) is 1.96. The van der Waals surface area contributed by atoms with Gasteiger partial charge in [0.1, 0.15) is 5.52 Å². The molecule has 0 spiro atoms. The van der Waals surface area contributed by atoms with Crippen LogP contribution in [0.25, 0.3) is 10.9 Å². The van der Waals surface area contributed by atoms with Crippen LogP contribution in [0, 0.1) is 0 Å². The highest BCUT2D eigenvalue weighted by Gasteiger charge is 2.30. The minimum Gasteiger partial charge on any atom is -0.338 e. The summed E-state index contributed by atoms with van der Waals surface area (Å²) in [5, 5.41) is 11.1. The number of pyridine rings is 1. The second kappa shape index (κ2) is 5.42. The van der Waals surface area contributed by atoms with Gasteiger partial charge >= 0.3 is 6.18 Å². The van der Waals surface area contributed by atoms with Crippen molar-refractivity contribution in [1.29, 1.82) is 0 Å². The van der Waals surface area contributed by atoms with Crippen molar-refractivity contribution in [2.24, 2.45) is 0 Å². The maximum absolute atomic E-state index is 12.7. The van der Waals surface area contributed by atoms with Crippen LogP contribution in [0.3, 0.4) is 0 Å². The molecule has 0 bridgehead atoms. The number of hydrogen-bond acceptors (Lipinski definition) is 4. The summed E-state index contributed by atoms with van der Waals surface area (Å²) in [6, 6.07) is 8.20. The van der Waals surface area contributed by atoms with Gasteiger partial charge in [0.05, 0.1) is 5.56 Å². The molecular weight excluding hydrogens is 317 g/mol. The highest BCUT2D eigenvalue weighted by atomic mass is 35.5. The van der Waals surface area contributed by atoms with Crippen LogP contribution >= 0.6 is 11.6 Å². The maximum atomic E-state index is 12.7. The van der Waals surface area contributed by atoms with Crippen molar-refractivity contribution in [3.8, 4) is 0 Å². The first-order chi connectivity index (χ1) is 10.4. The Kier molecular flexibility index (Phi) is 3.58. The molecule has 0 saturated heterocycles. The number of halogens is 4. The smallest absolute Gasteiger partial charge is 0.338 e. The van der Waals surface area contributed by atoms with E-state index in [0.29, 0.717) is 10.9 Å². The number of nitrogens with zero attached hydrogens (tertiary/aromatic N) is 3. The molecule has 2 aromatic heterocycles. The van der Waals surface area contributed by atoms with Gasteiger partial charge in [-0.15, -0.1) is 10.2 Å². The molecule has 0 aliphatic heterocycles. The molecule has 0 aliphatic rings. The minimum atomic E-state index is -4.41. The summed E-state index contributed by atoms with van der Waals surface area (Å²) in [6.07, 6.45) is -2.86. The van der Waals surface area contributed by atoms with Gasteiger partial charge in [-0.25, -0.2) is 0 Å². The lowest BCUT2D eigenvalue weighted by molar-refractivity contribution is -0.137. The summed E-state index contributed by atoms with van der Waals surface area (Å²) in [5.41, 5.74) is -0.0768. The standard InChI is InChI=1S/C14H8ClF3N4/c15-12-11-10(5-2-6-19-11)13(22-21-12)20-9-4-1-3-8(7-9)14(16,17)18/h1-7H,(H,20,22). The Hall–Kier alpha value is -2.41. The maximum Gasteiger partial charge on any atom is 0.416 e. The molecule has 0 aliphatic carbocycles. The number of benzene rings is 1. The third-order valence-electron chi connectivity index (χ3n) is 2.95. The molecule has 0 radical (unpaired) electrons. The fraction of sp³-hybridized carbons (Fsp3) is 0.0714. The first-order valence-electron chi connectivity index (χ1n) is 6.16. The van der Waals surface area contributed by atoms with E-state index in [1.54, 1.807) is 18.3 Å². The summed E-state index contributed by atoms with van der Waals surface area (Å²) >= 11 is 5.90. The Bertz CT molecular complexity index is 836. The lowest BCUT2D eigenvalue weighted by Crippen LogP contribution is -2.05. The van der Waals surface area contributed by atoms with E-state index in [9.17, 15) is 13.2 Å². The summed E-state index contributed by atoms with van der Waals surface area (Å²) in [7, 11) is 0. The van der Waals surface area contributed by atoms with E-state index in [0.717, 1.165) is 12.1 Å². The van der Waals surface area contributed by atoms with Crippen molar-refractivity contribution < 1.29 is 13.2 Å². The van der Waals surface area contributed by atoms with E-state index in [1.807, 2.05) is 0 Å². The van der Waals surface area contributed by atoms with E-state index in [4.69, 9.17) is 11.6 Å². The number of nitrogens with one attached hydrogen (secondary N) is 1. The van der Waals surface area contributed by atoms with Crippen molar-refractivity contribution in [3.05, 3.63) is 53.3 Å². The molecule has 0 saturated carbocycles.